The van der Waals surface area contributed by atoms with Crippen LogP contribution in [0.3, 0.4) is 0 Å². The molecule has 0 radical (unpaired) electrons. The Bertz CT molecular complexity index is 1200. The molecular formula is C25H23ClN2O3. The van der Waals surface area contributed by atoms with Crippen LogP contribution in [0.4, 0.5) is 0 Å². The number of fused-ring (bicyclic) bond motifs is 1. The monoisotopic (exact) mass is 434 g/mol. The Kier molecular flexibility index (Phi) is 5.81. The molecular weight excluding hydrogens is 412 g/mol. The Morgan fingerprint density at radius 3 is 2.48 bits per heavy atom. The predicted octanol–water partition coefficient (Wildman–Crippen LogP) is 4.48. The average molecular weight is 435 g/mol. The summed E-state index contributed by atoms with van der Waals surface area (Å²) in [4.78, 5) is 29.7. The summed E-state index contributed by atoms with van der Waals surface area (Å²) in [5.74, 6) is -1.51. The lowest BCUT2D eigenvalue weighted by atomic mass is 9.91. The third-order valence-corrected chi connectivity index (χ3v) is 5.78. The first kappa shape index (κ1) is 21.1. The van der Waals surface area contributed by atoms with Crippen molar-refractivity contribution in [3.8, 4) is 0 Å². The average Bonchev–Trinajstić information content (AvgIpc) is 3.01. The predicted molar refractivity (Wildman–Crippen MR) is 123 cm³/mol. The van der Waals surface area contributed by atoms with Crippen molar-refractivity contribution in [2.45, 2.75) is 6.04 Å². The van der Waals surface area contributed by atoms with Gasteiger partial charge in [-0.05, 0) is 42.6 Å². The first-order valence-corrected chi connectivity index (χ1v) is 10.4. The van der Waals surface area contributed by atoms with Crippen LogP contribution in [0, 0.1) is 0 Å². The Morgan fingerprint density at radius 2 is 1.74 bits per heavy atom. The zero-order valence-corrected chi connectivity index (χ0v) is 18.1. The highest BCUT2D eigenvalue weighted by molar-refractivity contribution is 6.46. The van der Waals surface area contributed by atoms with Crippen LogP contribution in [0.1, 0.15) is 17.2 Å². The van der Waals surface area contributed by atoms with Crippen molar-refractivity contribution < 1.29 is 14.7 Å². The summed E-state index contributed by atoms with van der Waals surface area (Å²) in [5.41, 5.74) is 1.30. The van der Waals surface area contributed by atoms with E-state index in [1.165, 1.54) is 0 Å². The fraction of sp³-hybridized carbons (Fsp3) is 0.200. The second-order valence-corrected chi connectivity index (χ2v) is 8.31. The number of benzene rings is 3. The van der Waals surface area contributed by atoms with Crippen molar-refractivity contribution in [3.63, 3.8) is 0 Å². The SMILES string of the molecule is CN(C)CCN1C(=O)C(=O)/C(=C(\O)c2cccc(Cl)c2)C1c1cccc2ccccc12. The minimum atomic E-state index is -0.690. The number of hydrogen-bond acceptors (Lipinski definition) is 4. The van der Waals surface area contributed by atoms with Crippen LogP contribution in [0.5, 0.6) is 0 Å². The standard InChI is InChI=1S/C25H23ClN2O3/c1-27(2)13-14-28-22(20-12-6-8-16-7-3-4-11-19(16)20)21(24(30)25(28)31)23(29)17-9-5-10-18(26)15-17/h3-12,15,22,29H,13-14H2,1-2H3/b23-21-. The second-order valence-electron chi connectivity index (χ2n) is 7.87. The maximum absolute atomic E-state index is 13.1. The van der Waals surface area contributed by atoms with Gasteiger partial charge in [-0.3, -0.25) is 9.59 Å². The summed E-state index contributed by atoms with van der Waals surface area (Å²) in [7, 11) is 3.82. The molecule has 0 aliphatic carbocycles. The molecule has 0 spiro atoms. The summed E-state index contributed by atoms with van der Waals surface area (Å²) >= 11 is 6.10. The minimum Gasteiger partial charge on any atom is -0.507 e. The van der Waals surface area contributed by atoms with Gasteiger partial charge in [-0.15, -0.1) is 0 Å². The molecule has 0 aromatic heterocycles. The third-order valence-electron chi connectivity index (χ3n) is 5.54. The van der Waals surface area contributed by atoms with Crippen molar-refractivity contribution in [1.29, 1.82) is 0 Å². The van der Waals surface area contributed by atoms with E-state index >= 15 is 0 Å². The molecule has 1 atom stereocenters. The highest BCUT2D eigenvalue weighted by atomic mass is 35.5. The lowest BCUT2D eigenvalue weighted by molar-refractivity contribution is -0.140. The van der Waals surface area contributed by atoms with E-state index in [1.54, 1.807) is 29.2 Å². The first-order chi connectivity index (χ1) is 14.9. The van der Waals surface area contributed by atoms with Crippen LogP contribution in [0.15, 0.2) is 72.3 Å². The van der Waals surface area contributed by atoms with Gasteiger partial charge in [0.05, 0.1) is 11.6 Å². The molecule has 1 aliphatic heterocycles. The van der Waals surface area contributed by atoms with Crippen LogP contribution in [-0.2, 0) is 9.59 Å². The molecule has 31 heavy (non-hydrogen) atoms. The van der Waals surface area contributed by atoms with E-state index in [0.29, 0.717) is 23.7 Å². The molecule has 1 unspecified atom stereocenters. The van der Waals surface area contributed by atoms with Crippen LogP contribution < -0.4 is 0 Å². The minimum absolute atomic E-state index is 0.0855. The van der Waals surface area contributed by atoms with Gasteiger partial charge < -0.3 is 14.9 Å². The number of carbonyl (C=O) groups is 2. The quantitative estimate of drug-likeness (QED) is 0.365. The molecule has 1 aliphatic rings. The van der Waals surface area contributed by atoms with Gasteiger partial charge in [0.15, 0.2) is 0 Å². The number of ketones is 1. The maximum atomic E-state index is 13.1. The number of likely N-dealkylation sites (N-methyl/N-ethyl adjacent to an activating group) is 1. The number of carbonyl (C=O) groups excluding carboxylic acids is 2. The summed E-state index contributed by atoms with van der Waals surface area (Å²) in [6, 6.07) is 19.6. The summed E-state index contributed by atoms with van der Waals surface area (Å²) in [5, 5.41) is 13.5. The van der Waals surface area contributed by atoms with Gasteiger partial charge in [0.25, 0.3) is 11.7 Å². The number of halogens is 1. The van der Waals surface area contributed by atoms with Crippen LogP contribution in [0.25, 0.3) is 16.5 Å². The van der Waals surface area contributed by atoms with E-state index in [2.05, 4.69) is 0 Å². The van der Waals surface area contributed by atoms with Gasteiger partial charge in [-0.2, -0.15) is 0 Å². The molecule has 158 valence electrons. The molecule has 0 saturated carbocycles. The number of aliphatic hydroxyl groups excluding tert-OH is 1. The number of likely N-dealkylation sites (tertiary alicyclic amines) is 1. The van der Waals surface area contributed by atoms with Crippen molar-refractivity contribution in [2.24, 2.45) is 0 Å². The van der Waals surface area contributed by atoms with Gasteiger partial charge in [0.1, 0.15) is 5.76 Å². The smallest absolute Gasteiger partial charge is 0.295 e. The topological polar surface area (TPSA) is 60.9 Å². The van der Waals surface area contributed by atoms with Crippen molar-refractivity contribution in [2.75, 3.05) is 27.2 Å². The third kappa shape index (κ3) is 3.94. The lowest BCUT2D eigenvalue weighted by Gasteiger charge is -2.27. The molecule has 3 aromatic carbocycles. The Hall–Kier alpha value is -3.15. The molecule has 1 saturated heterocycles. The van der Waals surface area contributed by atoms with Crippen LogP contribution in [0.2, 0.25) is 5.02 Å². The van der Waals surface area contributed by atoms with Gasteiger partial charge in [0.2, 0.25) is 0 Å². The summed E-state index contributed by atoms with van der Waals surface area (Å²) in [6.07, 6.45) is 0. The molecule has 1 amide bonds. The number of rotatable bonds is 5. The Balaban J connectivity index is 1.95. The lowest BCUT2D eigenvalue weighted by Crippen LogP contribution is -2.35. The zero-order chi connectivity index (χ0) is 22.1. The first-order valence-electron chi connectivity index (χ1n) is 10.0. The van der Waals surface area contributed by atoms with E-state index < -0.39 is 17.7 Å². The number of aliphatic hydroxyl groups is 1. The van der Waals surface area contributed by atoms with E-state index in [-0.39, 0.29) is 11.3 Å². The molecule has 5 nitrogen and oxygen atoms in total. The van der Waals surface area contributed by atoms with Gasteiger partial charge in [-0.25, -0.2) is 0 Å². The largest absolute Gasteiger partial charge is 0.507 e. The Morgan fingerprint density at radius 1 is 1.03 bits per heavy atom. The molecule has 6 heteroatoms. The van der Waals surface area contributed by atoms with Gasteiger partial charge in [0, 0.05) is 23.7 Å². The van der Waals surface area contributed by atoms with Crippen LogP contribution in [-0.4, -0.2) is 53.8 Å². The molecule has 1 heterocycles. The van der Waals surface area contributed by atoms with Crippen LogP contribution >= 0.6 is 11.6 Å². The number of amides is 1. The molecule has 3 aromatic rings. The number of hydrogen-bond donors (Lipinski definition) is 1. The number of Topliss-reactive ketones (excluding diaryl/α,β-unsaturated/α-hetero) is 1. The van der Waals surface area contributed by atoms with Gasteiger partial charge >= 0.3 is 0 Å². The molecule has 1 N–H and O–H groups in total. The van der Waals surface area contributed by atoms with E-state index in [4.69, 9.17) is 11.6 Å². The Labute approximate surface area is 186 Å². The zero-order valence-electron chi connectivity index (χ0n) is 17.4. The van der Waals surface area contributed by atoms with Gasteiger partial charge in [-0.1, -0.05) is 66.2 Å². The van der Waals surface area contributed by atoms with E-state index in [9.17, 15) is 14.7 Å². The number of nitrogens with zero attached hydrogens (tertiary/aromatic N) is 2. The summed E-state index contributed by atoms with van der Waals surface area (Å²) < 4.78 is 0. The molecule has 4 rings (SSSR count). The van der Waals surface area contributed by atoms with Crippen molar-refractivity contribution >= 4 is 39.8 Å². The second kappa shape index (κ2) is 8.53. The maximum Gasteiger partial charge on any atom is 0.295 e. The normalized spacial score (nSPS) is 18.3. The van der Waals surface area contributed by atoms with Crippen molar-refractivity contribution in [3.05, 3.63) is 88.5 Å². The highest BCUT2D eigenvalue weighted by Gasteiger charge is 2.46. The highest BCUT2D eigenvalue weighted by Crippen LogP contribution is 2.41. The molecule has 1 fully saturated rings. The fourth-order valence-corrected chi connectivity index (χ4v) is 4.21. The molecule has 0 bridgehead atoms. The van der Waals surface area contributed by atoms with Crippen molar-refractivity contribution in [1.82, 2.24) is 9.80 Å². The summed E-state index contributed by atoms with van der Waals surface area (Å²) in [6.45, 7) is 0.948. The van der Waals surface area contributed by atoms with E-state index in [0.717, 1.165) is 16.3 Å². The fourth-order valence-electron chi connectivity index (χ4n) is 4.02. The van der Waals surface area contributed by atoms with E-state index in [1.807, 2.05) is 61.5 Å².